The second kappa shape index (κ2) is 8.53. The van der Waals surface area contributed by atoms with Crippen LogP contribution in [-0.2, 0) is 9.53 Å². The summed E-state index contributed by atoms with van der Waals surface area (Å²) < 4.78 is 10.8. The summed E-state index contributed by atoms with van der Waals surface area (Å²) in [5.41, 5.74) is 1.43. The van der Waals surface area contributed by atoms with Gasteiger partial charge in [-0.3, -0.25) is 0 Å². The molecule has 4 rings (SSSR count). The number of rotatable bonds is 4. The second-order valence-electron chi connectivity index (χ2n) is 6.25. The van der Waals surface area contributed by atoms with Gasteiger partial charge in [0.2, 0.25) is 5.90 Å². The highest BCUT2D eigenvalue weighted by molar-refractivity contribution is 6.34. The summed E-state index contributed by atoms with van der Waals surface area (Å²) in [5.74, 6) is -0.776. The van der Waals surface area contributed by atoms with E-state index in [1.807, 2.05) is 0 Å². The van der Waals surface area contributed by atoms with Crippen LogP contribution in [0.4, 0.5) is 0 Å². The van der Waals surface area contributed by atoms with Crippen LogP contribution in [0.15, 0.2) is 83.5 Å². The first-order valence-electron chi connectivity index (χ1n) is 8.85. The summed E-state index contributed by atoms with van der Waals surface area (Å²) in [6.45, 7) is 0. The molecule has 5 nitrogen and oxygen atoms in total. The molecule has 0 bridgehead atoms. The number of carbonyl (C=O) groups excluding carboxylic acids is 2. The molecule has 0 amide bonds. The lowest BCUT2D eigenvalue weighted by Gasteiger charge is -2.07. The Morgan fingerprint density at radius 1 is 0.933 bits per heavy atom. The van der Waals surface area contributed by atoms with Gasteiger partial charge < -0.3 is 9.47 Å². The topological polar surface area (TPSA) is 65.0 Å². The number of halogens is 2. The molecule has 30 heavy (non-hydrogen) atoms. The molecule has 148 valence electrons. The first-order chi connectivity index (χ1) is 14.5. The highest BCUT2D eigenvalue weighted by Gasteiger charge is 2.26. The van der Waals surface area contributed by atoms with Gasteiger partial charge in [0.05, 0.1) is 16.1 Å². The summed E-state index contributed by atoms with van der Waals surface area (Å²) in [7, 11) is 0. The molecule has 3 aromatic carbocycles. The minimum Gasteiger partial charge on any atom is -0.422 e. The number of hydrogen-bond acceptors (Lipinski definition) is 5. The van der Waals surface area contributed by atoms with Crippen molar-refractivity contribution in [3.05, 3.63) is 105 Å². The van der Waals surface area contributed by atoms with Crippen molar-refractivity contribution in [3.63, 3.8) is 0 Å². The van der Waals surface area contributed by atoms with Crippen LogP contribution in [0.1, 0.15) is 21.5 Å². The van der Waals surface area contributed by atoms with E-state index in [1.165, 1.54) is 6.08 Å². The van der Waals surface area contributed by atoms with Crippen LogP contribution < -0.4 is 4.74 Å². The molecule has 0 saturated heterocycles. The molecule has 1 aliphatic heterocycles. The Kier molecular flexibility index (Phi) is 5.65. The number of ether oxygens (including phenoxy) is 2. The summed E-state index contributed by atoms with van der Waals surface area (Å²) in [5, 5.41) is 0.936. The quantitative estimate of drug-likeness (QED) is 0.304. The van der Waals surface area contributed by atoms with Crippen LogP contribution in [0.3, 0.4) is 0 Å². The maximum absolute atomic E-state index is 12.4. The zero-order chi connectivity index (χ0) is 21.1. The highest BCUT2D eigenvalue weighted by Crippen LogP contribution is 2.27. The molecular weight excluding hydrogens is 425 g/mol. The van der Waals surface area contributed by atoms with Gasteiger partial charge in [-0.1, -0.05) is 53.5 Å². The molecule has 0 fully saturated rings. The van der Waals surface area contributed by atoms with Gasteiger partial charge in [0.15, 0.2) is 5.70 Å². The number of aliphatic imine (C=N–C) groups is 1. The minimum absolute atomic E-state index is 0.0694. The number of carbonyl (C=O) groups is 2. The Labute approximate surface area is 182 Å². The second-order valence-corrected chi connectivity index (χ2v) is 7.09. The van der Waals surface area contributed by atoms with Crippen molar-refractivity contribution in [2.75, 3.05) is 0 Å². The third-order valence-electron chi connectivity index (χ3n) is 4.22. The van der Waals surface area contributed by atoms with Crippen molar-refractivity contribution in [3.8, 4) is 5.75 Å². The SMILES string of the molecule is O=C1OC(c2ccccc2Cl)=NC1=Cc1ccccc1OC(=O)c1ccc(Cl)cc1. The van der Waals surface area contributed by atoms with Crippen LogP contribution in [0, 0.1) is 0 Å². The average molecular weight is 438 g/mol. The van der Waals surface area contributed by atoms with Crippen molar-refractivity contribution in [1.82, 2.24) is 0 Å². The first kappa shape index (κ1) is 19.9. The lowest BCUT2D eigenvalue weighted by atomic mass is 10.1. The minimum atomic E-state index is -0.622. The van der Waals surface area contributed by atoms with Crippen molar-refractivity contribution in [1.29, 1.82) is 0 Å². The predicted molar refractivity (Wildman–Crippen MR) is 115 cm³/mol. The van der Waals surface area contributed by atoms with Gasteiger partial charge in [0.1, 0.15) is 5.75 Å². The Hall–Kier alpha value is -3.41. The normalized spacial score (nSPS) is 14.4. The van der Waals surface area contributed by atoms with Crippen LogP contribution in [0.5, 0.6) is 5.75 Å². The molecule has 0 aliphatic carbocycles. The van der Waals surface area contributed by atoms with Gasteiger partial charge in [-0.05, 0) is 48.5 Å². The molecule has 7 heteroatoms. The zero-order valence-electron chi connectivity index (χ0n) is 15.3. The van der Waals surface area contributed by atoms with Gasteiger partial charge >= 0.3 is 11.9 Å². The lowest BCUT2D eigenvalue weighted by molar-refractivity contribution is -0.129. The van der Waals surface area contributed by atoms with Gasteiger partial charge in [-0.25, -0.2) is 14.6 Å². The number of esters is 2. The van der Waals surface area contributed by atoms with Crippen LogP contribution in [0.2, 0.25) is 10.0 Å². The average Bonchev–Trinajstić information content (AvgIpc) is 3.10. The fourth-order valence-electron chi connectivity index (χ4n) is 2.74. The van der Waals surface area contributed by atoms with E-state index in [9.17, 15) is 9.59 Å². The number of benzene rings is 3. The smallest absolute Gasteiger partial charge is 0.363 e. The molecule has 1 aliphatic rings. The molecule has 0 aromatic heterocycles. The third kappa shape index (κ3) is 4.27. The van der Waals surface area contributed by atoms with E-state index in [4.69, 9.17) is 32.7 Å². The van der Waals surface area contributed by atoms with E-state index in [0.717, 1.165) is 0 Å². The Morgan fingerprint density at radius 3 is 2.40 bits per heavy atom. The molecule has 0 radical (unpaired) electrons. The van der Waals surface area contributed by atoms with E-state index in [0.29, 0.717) is 26.7 Å². The van der Waals surface area contributed by atoms with Gasteiger partial charge in [-0.2, -0.15) is 0 Å². The molecule has 0 atom stereocenters. The summed E-state index contributed by atoms with van der Waals surface area (Å²) >= 11 is 12.0. The maximum Gasteiger partial charge on any atom is 0.363 e. The number of nitrogens with zero attached hydrogens (tertiary/aromatic N) is 1. The Morgan fingerprint density at radius 2 is 1.63 bits per heavy atom. The Balaban J connectivity index is 1.63. The van der Waals surface area contributed by atoms with Gasteiger partial charge in [0.25, 0.3) is 0 Å². The fourth-order valence-corrected chi connectivity index (χ4v) is 3.09. The summed E-state index contributed by atoms with van der Waals surface area (Å²) in [6.07, 6.45) is 1.50. The first-order valence-corrected chi connectivity index (χ1v) is 9.61. The van der Waals surface area contributed by atoms with Crippen molar-refractivity contribution in [2.24, 2.45) is 4.99 Å². The largest absolute Gasteiger partial charge is 0.422 e. The highest BCUT2D eigenvalue weighted by atomic mass is 35.5. The van der Waals surface area contributed by atoms with Crippen LogP contribution in [-0.4, -0.2) is 17.8 Å². The van der Waals surface area contributed by atoms with E-state index in [-0.39, 0.29) is 17.3 Å². The molecule has 0 spiro atoms. The van der Waals surface area contributed by atoms with Crippen LogP contribution in [0.25, 0.3) is 6.08 Å². The van der Waals surface area contributed by atoms with Crippen molar-refractivity contribution in [2.45, 2.75) is 0 Å². The lowest BCUT2D eigenvalue weighted by Crippen LogP contribution is -2.09. The van der Waals surface area contributed by atoms with Gasteiger partial charge in [0, 0.05) is 10.6 Å². The van der Waals surface area contributed by atoms with Crippen molar-refractivity contribution >= 4 is 47.1 Å². The van der Waals surface area contributed by atoms with E-state index in [2.05, 4.69) is 4.99 Å². The fraction of sp³-hybridized carbons (Fsp3) is 0. The third-order valence-corrected chi connectivity index (χ3v) is 4.80. The predicted octanol–water partition coefficient (Wildman–Crippen LogP) is 5.56. The molecule has 0 N–H and O–H groups in total. The monoisotopic (exact) mass is 437 g/mol. The maximum atomic E-state index is 12.4. The molecule has 3 aromatic rings. The summed E-state index contributed by atoms with van der Waals surface area (Å²) in [6, 6.07) is 20.1. The van der Waals surface area contributed by atoms with E-state index < -0.39 is 11.9 Å². The number of para-hydroxylation sites is 1. The van der Waals surface area contributed by atoms with Gasteiger partial charge in [-0.15, -0.1) is 0 Å². The van der Waals surface area contributed by atoms with Crippen molar-refractivity contribution < 1.29 is 19.1 Å². The van der Waals surface area contributed by atoms with E-state index >= 15 is 0 Å². The number of cyclic esters (lactones) is 1. The van der Waals surface area contributed by atoms with E-state index in [1.54, 1.807) is 72.8 Å². The molecule has 0 unspecified atom stereocenters. The molecular formula is C23H13Cl2NO4. The molecule has 0 saturated carbocycles. The standard InChI is InChI=1S/C23H13Cl2NO4/c24-16-11-9-14(10-12-16)22(27)29-20-8-4-1-5-15(20)13-19-23(28)30-21(26-19)17-6-2-3-7-18(17)25/h1-13H. The van der Waals surface area contributed by atoms with Crippen LogP contribution >= 0.6 is 23.2 Å². The number of hydrogen-bond donors (Lipinski definition) is 0. The summed E-state index contributed by atoms with van der Waals surface area (Å²) in [4.78, 5) is 29.0. The zero-order valence-corrected chi connectivity index (χ0v) is 16.9. The molecule has 1 heterocycles. The Bertz CT molecular complexity index is 1200.